The van der Waals surface area contributed by atoms with Gasteiger partial charge in [0.1, 0.15) is 0 Å². The maximum absolute atomic E-state index is 11.0. The van der Waals surface area contributed by atoms with Crippen LogP contribution in [0.1, 0.15) is 19.9 Å². The average molecular weight is 252 g/mol. The maximum Gasteiger partial charge on any atom is 0.308 e. The van der Waals surface area contributed by atoms with E-state index < -0.39 is 11.9 Å². The number of carboxylic acids is 1. The lowest BCUT2D eigenvalue weighted by Gasteiger charge is -2.16. The van der Waals surface area contributed by atoms with Crippen LogP contribution >= 0.6 is 11.3 Å². The van der Waals surface area contributed by atoms with E-state index in [0.717, 1.165) is 4.88 Å². The first-order valence-corrected chi connectivity index (χ1v) is 6.03. The van der Waals surface area contributed by atoms with E-state index >= 15 is 0 Å². The minimum absolute atomic E-state index is 0.292. The Bertz CT molecular complexity index is 508. The molecule has 0 aliphatic rings. The Morgan fingerprint density at radius 2 is 2.29 bits per heavy atom. The van der Waals surface area contributed by atoms with Crippen molar-refractivity contribution in [3.8, 4) is 10.7 Å². The van der Waals surface area contributed by atoms with Gasteiger partial charge in [-0.1, -0.05) is 6.07 Å². The van der Waals surface area contributed by atoms with Crippen LogP contribution in [0.4, 0.5) is 0 Å². The van der Waals surface area contributed by atoms with E-state index in [-0.39, 0.29) is 6.04 Å². The Morgan fingerprint density at radius 1 is 1.53 bits per heavy atom. The molecule has 0 amide bonds. The summed E-state index contributed by atoms with van der Waals surface area (Å²) in [5.74, 6) is -0.789. The van der Waals surface area contributed by atoms with Crippen LogP contribution in [0.5, 0.6) is 0 Å². The second kappa shape index (κ2) is 4.62. The topological polar surface area (TPSA) is 80.9 Å². The first-order valence-electron chi connectivity index (χ1n) is 5.16. The molecule has 0 bridgehead atoms. The fraction of sp³-hybridized carbons (Fsp3) is 0.400. The van der Waals surface area contributed by atoms with Crippen LogP contribution in [-0.2, 0) is 4.79 Å². The van der Waals surface area contributed by atoms with Gasteiger partial charge in [0, 0.05) is 0 Å². The van der Waals surface area contributed by atoms with Gasteiger partial charge in [-0.3, -0.25) is 4.79 Å². The van der Waals surface area contributed by atoms with Crippen molar-refractivity contribution in [1.29, 1.82) is 0 Å². The number of carboxylic acid groups (broad SMARTS) is 1. The molecule has 2 aromatic heterocycles. The highest BCUT2D eigenvalue weighted by molar-refractivity contribution is 7.13. The van der Waals surface area contributed by atoms with Crippen LogP contribution in [-0.4, -0.2) is 31.3 Å². The third-order valence-corrected chi connectivity index (χ3v) is 3.60. The second-order valence-electron chi connectivity index (χ2n) is 3.79. The number of hydrogen-bond donors (Lipinski definition) is 1. The van der Waals surface area contributed by atoms with Crippen molar-refractivity contribution >= 4 is 17.3 Å². The fourth-order valence-corrected chi connectivity index (χ4v) is 2.15. The van der Waals surface area contributed by atoms with Gasteiger partial charge in [-0.2, -0.15) is 0 Å². The molecule has 2 atom stereocenters. The van der Waals surface area contributed by atoms with Crippen molar-refractivity contribution in [2.24, 2.45) is 5.92 Å². The van der Waals surface area contributed by atoms with Gasteiger partial charge in [0.15, 0.2) is 5.82 Å². The molecule has 2 heterocycles. The minimum atomic E-state index is -0.856. The minimum Gasteiger partial charge on any atom is -0.481 e. The predicted molar refractivity (Wildman–Crippen MR) is 62.6 cm³/mol. The maximum atomic E-state index is 11.0. The number of aliphatic carboxylic acids is 1. The smallest absolute Gasteiger partial charge is 0.308 e. The number of nitrogens with zero attached hydrogens (tertiary/aromatic N) is 4. The van der Waals surface area contributed by atoms with Gasteiger partial charge in [0.05, 0.1) is 16.8 Å². The van der Waals surface area contributed by atoms with Crippen LogP contribution < -0.4 is 0 Å². The first kappa shape index (κ1) is 11.7. The van der Waals surface area contributed by atoms with Gasteiger partial charge in [-0.15, -0.1) is 16.4 Å². The second-order valence-corrected chi connectivity index (χ2v) is 4.74. The van der Waals surface area contributed by atoms with Crippen molar-refractivity contribution in [2.45, 2.75) is 19.9 Å². The molecule has 0 aliphatic heterocycles. The Balaban J connectivity index is 2.34. The molecule has 0 aliphatic carbocycles. The molecule has 0 spiro atoms. The molecule has 6 nitrogen and oxygen atoms in total. The number of tetrazole rings is 1. The quantitative estimate of drug-likeness (QED) is 0.895. The normalized spacial score (nSPS) is 14.5. The summed E-state index contributed by atoms with van der Waals surface area (Å²) in [7, 11) is 0. The van der Waals surface area contributed by atoms with Crippen LogP contribution in [0, 0.1) is 5.92 Å². The van der Waals surface area contributed by atoms with Crippen molar-refractivity contribution in [3.63, 3.8) is 0 Å². The standard InChI is InChI=1S/C10H12N4O2S/c1-6(10(15)16)7(2)14-9(11-12-13-14)8-4-3-5-17-8/h3-7H,1-2H3,(H,15,16). The number of aromatic nitrogens is 4. The lowest BCUT2D eigenvalue weighted by molar-refractivity contribution is -0.142. The summed E-state index contributed by atoms with van der Waals surface area (Å²) in [5, 5.41) is 22.4. The van der Waals surface area contributed by atoms with Crippen LogP contribution in [0.2, 0.25) is 0 Å². The van der Waals surface area contributed by atoms with Gasteiger partial charge in [-0.25, -0.2) is 4.68 Å². The number of rotatable bonds is 4. The summed E-state index contributed by atoms with van der Waals surface area (Å²) in [6, 6.07) is 3.52. The molecule has 0 fully saturated rings. The molecule has 7 heteroatoms. The van der Waals surface area contributed by atoms with Gasteiger partial charge < -0.3 is 5.11 Å². The molecule has 0 saturated heterocycles. The van der Waals surface area contributed by atoms with E-state index in [1.807, 2.05) is 17.5 Å². The molecular formula is C10H12N4O2S. The third-order valence-electron chi connectivity index (χ3n) is 2.73. The van der Waals surface area contributed by atoms with Crippen molar-refractivity contribution in [3.05, 3.63) is 17.5 Å². The molecule has 1 N–H and O–H groups in total. The molecule has 0 aromatic carbocycles. The van der Waals surface area contributed by atoms with E-state index in [1.54, 1.807) is 18.5 Å². The Kier molecular flexibility index (Phi) is 3.19. The summed E-state index contributed by atoms with van der Waals surface area (Å²) in [4.78, 5) is 11.9. The van der Waals surface area contributed by atoms with Gasteiger partial charge >= 0.3 is 5.97 Å². The lowest BCUT2D eigenvalue weighted by Crippen LogP contribution is -2.23. The SMILES string of the molecule is CC(C(=O)O)C(C)n1nnnc1-c1cccs1. The summed E-state index contributed by atoms with van der Waals surface area (Å²) >= 11 is 1.52. The zero-order chi connectivity index (χ0) is 12.4. The van der Waals surface area contributed by atoms with E-state index in [1.165, 1.54) is 11.3 Å². The molecular weight excluding hydrogens is 240 g/mol. The summed E-state index contributed by atoms with van der Waals surface area (Å²) in [5.41, 5.74) is 0. The van der Waals surface area contributed by atoms with E-state index in [0.29, 0.717) is 5.82 Å². The van der Waals surface area contributed by atoms with Crippen molar-refractivity contribution in [2.75, 3.05) is 0 Å². The molecule has 2 unspecified atom stereocenters. The highest BCUT2D eigenvalue weighted by Gasteiger charge is 2.25. The average Bonchev–Trinajstić information content (AvgIpc) is 2.96. The molecule has 0 radical (unpaired) electrons. The summed E-state index contributed by atoms with van der Waals surface area (Å²) in [6.45, 7) is 3.44. The third kappa shape index (κ3) is 2.19. The molecule has 2 rings (SSSR count). The fourth-order valence-electron chi connectivity index (χ4n) is 1.45. The first-order chi connectivity index (χ1) is 8.11. The predicted octanol–water partition coefficient (Wildman–Crippen LogP) is 1.68. The molecule has 90 valence electrons. The number of hydrogen-bond acceptors (Lipinski definition) is 5. The lowest BCUT2D eigenvalue weighted by atomic mass is 10.0. The highest BCUT2D eigenvalue weighted by atomic mass is 32.1. The van der Waals surface area contributed by atoms with Gasteiger partial charge in [0.2, 0.25) is 0 Å². The van der Waals surface area contributed by atoms with Gasteiger partial charge in [-0.05, 0) is 35.7 Å². The molecule has 2 aromatic rings. The Hall–Kier alpha value is -1.76. The zero-order valence-electron chi connectivity index (χ0n) is 9.44. The van der Waals surface area contributed by atoms with Crippen LogP contribution in [0.3, 0.4) is 0 Å². The van der Waals surface area contributed by atoms with E-state index in [2.05, 4.69) is 15.5 Å². The Labute approximate surface area is 102 Å². The van der Waals surface area contributed by atoms with E-state index in [9.17, 15) is 4.79 Å². The molecule has 0 saturated carbocycles. The monoisotopic (exact) mass is 252 g/mol. The largest absolute Gasteiger partial charge is 0.481 e. The highest BCUT2D eigenvalue weighted by Crippen LogP contribution is 2.26. The summed E-state index contributed by atoms with van der Waals surface area (Å²) < 4.78 is 1.56. The van der Waals surface area contributed by atoms with E-state index in [4.69, 9.17) is 5.11 Å². The summed E-state index contributed by atoms with van der Waals surface area (Å²) in [6.07, 6.45) is 0. The van der Waals surface area contributed by atoms with Gasteiger partial charge in [0.25, 0.3) is 0 Å². The van der Waals surface area contributed by atoms with Crippen molar-refractivity contribution < 1.29 is 9.90 Å². The molecule has 17 heavy (non-hydrogen) atoms. The zero-order valence-corrected chi connectivity index (χ0v) is 10.3. The number of carbonyl (C=O) groups is 1. The van der Waals surface area contributed by atoms with Crippen LogP contribution in [0.15, 0.2) is 17.5 Å². The van der Waals surface area contributed by atoms with Crippen LogP contribution in [0.25, 0.3) is 10.7 Å². The Morgan fingerprint density at radius 3 is 2.88 bits per heavy atom. The van der Waals surface area contributed by atoms with Crippen molar-refractivity contribution in [1.82, 2.24) is 20.2 Å². The number of thiophene rings is 1.